The van der Waals surface area contributed by atoms with Gasteiger partial charge in [0.25, 0.3) is 5.91 Å². The monoisotopic (exact) mass is 651 g/mol. The third-order valence-corrected chi connectivity index (χ3v) is 9.67. The first kappa shape index (κ1) is 32.7. The van der Waals surface area contributed by atoms with Gasteiger partial charge in [-0.1, -0.05) is 50.3 Å². The van der Waals surface area contributed by atoms with Gasteiger partial charge >= 0.3 is 5.97 Å². The van der Waals surface area contributed by atoms with Gasteiger partial charge in [0.05, 0.1) is 17.4 Å². The molecule has 2 fully saturated rings. The Morgan fingerprint density at radius 3 is 2.40 bits per heavy atom. The molecule has 3 N–H and O–H groups in total. The van der Waals surface area contributed by atoms with Crippen LogP contribution in [0.5, 0.6) is 0 Å². The van der Waals surface area contributed by atoms with E-state index in [0.717, 1.165) is 66.8 Å². The number of rotatable bonds is 10. The van der Waals surface area contributed by atoms with Crippen LogP contribution in [0.25, 0.3) is 28.4 Å². The molecular weight excluding hydrogens is 610 g/mol. The number of carboxylic acid groups (broad SMARTS) is 1. The average molecular weight is 652 g/mol. The Labute approximate surface area is 279 Å². The van der Waals surface area contributed by atoms with E-state index < -0.39 is 11.5 Å². The quantitative estimate of drug-likeness (QED) is 0.173. The zero-order valence-electron chi connectivity index (χ0n) is 27.3. The topological polar surface area (TPSA) is 147 Å². The smallest absolute Gasteiger partial charge is 0.328 e. The highest BCUT2D eigenvalue weighted by molar-refractivity contribution is 6.06. The number of nitrogens with one attached hydrogen (secondary N) is 2. The minimum absolute atomic E-state index is 0.0640. The summed E-state index contributed by atoms with van der Waals surface area (Å²) in [6.07, 6.45) is 13.7. The summed E-state index contributed by atoms with van der Waals surface area (Å²) in [5.41, 5.74) is 3.24. The molecule has 2 aliphatic rings. The van der Waals surface area contributed by atoms with Crippen LogP contribution < -0.4 is 10.6 Å². The van der Waals surface area contributed by atoms with Gasteiger partial charge < -0.3 is 29.6 Å². The lowest BCUT2D eigenvalue weighted by Crippen LogP contribution is -2.55. The van der Waals surface area contributed by atoms with Crippen LogP contribution >= 0.6 is 0 Å². The standard InChI is InChI=1S/C37H41N5O6/c1-41(2)31(43)22-42-29-20-26(13-16-28(29)33(25-8-4-3-5-9-25)34(42)30-21-38-23-48-30)35(46)40-37(18-6-7-19-37)36(47)39-27-14-10-24(11-15-27)12-17-32(44)45/h10-17,20-21,23,25H,3-9,18-19,22H2,1-2H3,(H,39,47)(H,40,46)(H,44,45). The molecule has 4 aromatic rings. The van der Waals surface area contributed by atoms with Crippen molar-refractivity contribution in [2.45, 2.75) is 75.8 Å². The predicted molar refractivity (Wildman–Crippen MR) is 182 cm³/mol. The van der Waals surface area contributed by atoms with Gasteiger partial charge in [0, 0.05) is 36.8 Å². The van der Waals surface area contributed by atoms with Crippen molar-refractivity contribution < 1.29 is 28.7 Å². The van der Waals surface area contributed by atoms with Crippen molar-refractivity contribution in [2.24, 2.45) is 0 Å². The van der Waals surface area contributed by atoms with Crippen LogP contribution in [0.2, 0.25) is 0 Å². The maximum atomic E-state index is 14.0. The maximum Gasteiger partial charge on any atom is 0.328 e. The second-order valence-electron chi connectivity index (χ2n) is 13.1. The molecule has 6 rings (SSSR count). The van der Waals surface area contributed by atoms with Crippen LogP contribution in [0.1, 0.15) is 85.2 Å². The number of carbonyl (C=O) groups excluding carboxylic acids is 3. The van der Waals surface area contributed by atoms with E-state index in [1.165, 1.54) is 18.9 Å². The summed E-state index contributed by atoms with van der Waals surface area (Å²) in [7, 11) is 3.44. The Bertz CT molecular complexity index is 1840. The van der Waals surface area contributed by atoms with Gasteiger partial charge in [-0.15, -0.1) is 0 Å². The first-order valence-electron chi connectivity index (χ1n) is 16.6. The Morgan fingerprint density at radius 2 is 1.75 bits per heavy atom. The van der Waals surface area contributed by atoms with Crippen molar-refractivity contribution in [1.82, 2.24) is 19.8 Å². The fourth-order valence-electron chi connectivity index (χ4n) is 7.13. The van der Waals surface area contributed by atoms with Crippen LogP contribution in [0.15, 0.2) is 65.5 Å². The number of benzene rings is 2. The van der Waals surface area contributed by atoms with Gasteiger partial charge in [-0.25, -0.2) is 9.78 Å². The van der Waals surface area contributed by atoms with Crippen LogP contribution in [0.4, 0.5) is 5.69 Å². The number of anilines is 1. The molecule has 250 valence electrons. The third kappa shape index (κ3) is 6.76. The van der Waals surface area contributed by atoms with Crippen LogP contribution in [0.3, 0.4) is 0 Å². The van der Waals surface area contributed by atoms with Gasteiger partial charge in [-0.3, -0.25) is 14.4 Å². The molecule has 3 amide bonds. The molecule has 2 aliphatic carbocycles. The Hall–Kier alpha value is -5.19. The van der Waals surface area contributed by atoms with Crippen molar-refractivity contribution in [2.75, 3.05) is 19.4 Å². The highest BCUT2D eigenvalue weighted by Crippen LogP contribution is 2.44. The summed E-state index contributed by atoms with van der Waals surface area (Å²) in [6, 6.07) is 12.4. The van der Waals surface area contributed by atoms with Crippen molar-refractivity contribution in [3.05, 3.63) is 77.8 Å². The number of amides is 3. The average Bonchev–Trinajstić information content (AvgIpc) is 3.85. The number of carbonyl (C=O) groups is 4. The third-order valence-electron chi connectivity index (χ3n) is 9.67. The minimum Gasteiger partial charge on any atom is -0.478 e. The van der Waals surface area contributed by atoms with E-state index in [1.54, 1.807) is 55.5 Å². The predicted octanol–water partition coefficient (Wildman–Crippen LogP) is 6.21. The largest absolute Gasteiger partial charge is 0.478 e. The molecule has 2 heterocycles. The number of oxazole rings is 1. The van der Waals surface area contributed by atoms with Crippen molar-refractivity contribution >= 4 is 46.4 Å². The molecule has 2 aromatic carbocycles. The molecule has 11 nitrogen and oxygen atoms in total. The summed E-state index contributed by atoms with van der Waals surface area (Å²) in [4.78, 5) is 57.4. The molecule has 2 saturated carbocycles. The fraction of sp³-hybridized carbons (Fsp3) is 0.378. The number of hydrogen-bond donors (Lipinski definition) is 3. The molecule has 11 heteroatoms. The molecule has 0 unspecified atom stereocenters. The lowest BCUT2D eigenvalue weighted by molar-refractivity contribution is -0.131. The van der Waals surface area contributed by atoms with Crippen molar-refractivity contribution in [3.63, 3.8) is 0 Å². The number of hydrogen-bond acceptors (Lipinski definition) is 6. The first-order valence-corrected chi connectivity index (χ1v) is 16.6. The number of aromatic nitrogens is 2. The van der Waals surface area contributed by atoms with E-state index in [2.05, 4.69) is 15.6 Å². The number of likely N-dealkylation sites (N-methyl/N-ethyl adjacent to an activating group) is 1. The Balaban J connectivity index is 1.33. The Kier molecular flexibility index (Phi) is 9.47. The van der Waals surface area contributed by atoms with Crippen molar-refractivity contribution in [1.29, 1.82) is 0 Å². The second-order valence-corrected chi connectivity index (χ2v) is 13.1. The number of carboxylic acids is 1. The number of nitrogens with zero attached hydrogens (tertiary/aromatic N) is 3. The maximum absolute atomic E-state index is 14.0. The van der Waals surface area contributed by atoms with Gasteiger partial charge in [0.1, 0.15) is 12.1 Å². The van der Waals surface area contributed by atoms with E-state index in [4.69, 9.17) is 9.52 Å². The van der Waals surface area contributed by atoms with Gasteiger partial charge in [-0.2, -0.15) is 0 Å². The molecule has 0 atom stereocenters. The highest BCUT2D eigenvalue weighted by atomic mass is 16.4. The lowest BCUT2D eigenvalue weighted by atomic mass is 9.82. The summed E-state index contributed by atoms with van der Waals surface area (Å²) < 4.78 is 7.79. The molecule has 0 aliphatic heterocycles. The summed E-state index contributed by atoms with van der Waals surface area (Å²) >= 11 is 0. The van der Waals surface area contributed by atoms with E-state index in [0.29, 0.717) is 35.4 Å². The molecule has 0 saturated heterocycles. The van der Waals surface area contributed by atoms with E-state index in [9.17, 15) is 19.2 Å². The first-order chi connectivity index (χ1) is 23.1. The second kappa shape index (κ2) is 13.9. The zero-order chi connectivity index (χ0) is 33.8. The highest BCUT2D eigenvalue weighted by Gasteiger charge is 2.43. The summed E-state index contributed by atoms with van der Waals surface area (Å²) in [6.45, 7) is 0.0640. The molecule has 2 aromatic heterocycles. The van der Waals surface area contributed by atoms with E-state index >= 15 is 0 Å². The Morgan fingerprint density at radius 1 is 1.02 bits per heavy atom. The molecule has 0 bridgehead atoms. The van der Waals surface area contributed by atoms with E-state index in [1.807, 2.05) is 16.7 Å². The SMILES string of the molecule is CN(C)C(=O)Cn1c(-c2cnco2)c(C2CCCCC2)c2ccc(C(=O)NC3(C(=O)Nc4ccc(C=CC(=O)O)cc4)CCCC3)cc21. The van der Waals surface area contributed by atoms with Crippen LogP contribution in [-0.2, 0) is 20.9 Å². The summed E-state index contributed by atoms with van der Waals surface area (Å²) in [5.74, 6) is -0.933. The van der Waals surface area contributed by atoms with Gasteiger partial charge in [0.15, 0.2) is 12.2 Å². The molecule has 0 spiro atoms. The van der Waals surface area contributed by atoms with Crippen LogP contribution in [0, 0.1) is 0 Å². The zero-order valence-corrected chi connectivity index (χ0v) is 27.3. The van der Waals surface area contributed by atoms with Gasteiger partial charge in [0.2, 0.25) is 11.8 Å². The minimum atomic E-state index is -1.09. The molecular formula is C37H41N5O6. The number of aliphatic carboxylic acids is 1. The van der Waals surface area contributed by atoms with E-state index in [-0.39, 0.29) is 30.2 Å². The normalized spacial score (nSPS) is 16.3. The van der Waals surface area contributed by atoms with Crippen molar-refractivity contribution in [3.8, 4) is 11.5 Å². The lowest BCUT2D eigenvalue weighted by Gasteiger charge is -2.29. The molecule has 0 radical (unpaired) electrons. The number of fused-ring (bicyclic) bond motifs is 1. The van der Waals surface area contributed by atoms with Gasteiger partial charge in [-0.05, 0) is 73.1 Å². The fourth-order valence-corrected chi connectivity index (χ4v) is 7.13. The molecule has 48 heavy (non-hydrogen) atoms. The van der Waals surface area contributed by atoms with Crippen LogP contribution in [-0.4, -0.2) is 62.9 Å². The summed E-state index contributed by atoms with van der Waals surface area (Å²) in [5, 5.41) is 15.9.